The summed E-state index contributed by atoms with van der Waals surface area (Å²) in [4.78, 5) is 31.3. The minimum absolute atomic E-state index is 0.0134. The molecular formula is C22H31N3O3. The van der Waals surface area contributed by atoms with Crippen LogP contribution in [0.25, 0.3) is 0 Å². The van der Waals surface area contributed by atoms with Crippen molar-refractivity contribution in [2.24, 2.45) is 0 Å². The molecule has 1 N–H and O–H groups in total. The Morgan fingerprint density at radius 1 is 1.07 bits per heavy atom. The maximum atomic E-state index is 12.4. The van der Waals surface area contributed by atoms with Crippen LogP contribution in [-0.4, -0.2) is 53.5 Å². The van der Waals surface area contributed by atoms with Crippen LogP contribution in [0.3, 0.4) is 0 Å². The van der Waals surface area contributed by atoms with E-state index in [2.05, 4.69) is 10.3 Å². The Bertz CT molecular complexity index is 671. The molecule has 0 spiro atoms. The largest absolute Gasteiger partial charge is 0.378 e. The molecule has 3 fully saturated rings. The van der Waals surface area contributed by atoms with Crippen LogP contribution in [0.15, 0.2) is 18.3 Å². The van der Waals surface area contributed by atoms with E-state index in [9.17, 15) is 9.59 Å². The summed E-state index contributed by atoms with van der Waals surface area (Å²) < 4.78 is 5.59. The van der Waals surface area contributed by atoms with Crippen molar-refractivity contribution in [3.05, 3.63) is 29.6 Å². The normalized spacial score (nSPS) is 23.9. The standard InChI is InChI=1S/C22H31N3O3/c26-21(14-19-6-3-13-28-19)25-11-9-16(10-12-25)20-8-7-17(15-23-20)22(27)24-18-4-1-2-5-18/h7-8,15-16,18-19H,1-6,9-14H2,(H,24,27)/t19-/m0/s1. The third-order valence-corrected chi connectivity index (χ3v) is 6.43. The van der Waals surface area contributed by atoms with Crippen LogP contribution in [0.5, 0.6) is 0 Å². The summed E-state index contributed by atoms with van der Waals surface area (Å²) in [6.07, 6.45) is 10.9. The molecule has 28 heavy (non-hydrogen) atoms. The molecule has 3 aliphatic rings. The summed E-state index contributed by atoms with van der Waals surface area (Å²) >= 11 is 0. The number of hydrogen-bond acceptors (Lipinski definition) is 4. The molecule has 3 heterocycles. The molecule has 4 rings (SSSR count). The van der Waals surface area contributed by atoms with E-state index in [1.807, 2.05) is 17.0 Å². The second-order valence-electron chi connectivity index (χ2n) is 8.42. The molecule has 1 aliphatic carbocycles. The van der Waals surface area contributed by atoms with E-state index >= 15 is 0 Å². The lowest BCUT2D eigenvalue weighted by molar-refractivity contribution is -0.134. The number of aromatic nitrogens is 1. The lowest BCUT2D eigenvalue weighted by atomic mass is 9.92. The predicted octanol–water partition coefficient (Wildman–Crippen LogP) is 3.03. The number of carbonyl (C=O) groups excluding carboxylic acids is 2. The zero-order valence-electron chi connectivity index (χ0n) is 16.6. The second kappa shape index (κ2) is 9.03. The van der Waals surface area contributed by atoms with Gasteiger partial charge in [0.1, 0.15) is 0 Å². The molecule has 6 heteroatoms. The zero-order valence-corrected chi connectivity index (χ0v) is 16.6. The fourth-order valence-corrected chi connectivity index (χ4v) is 4.67. The van der Waals surface area contributed by atoms with E-state index in [1.54, 1.807) is 6.20 Å². The molecule has 1 aromatic heterocycles. The van der Waals surface area contributed by atoms with Gasteiger partial charge < -0.3 is 15.0 Å². The van der Waals surface area contributed by atoms with Gasteiger partial charge in [0.2, 0.25) is 5.91 Å². The highest BCUT2D eigenvalue weighted by Crippen LogP contribution is 2.28. The maximum absolute atomic E-state index is 12.4. The van der Waals surface area contributed by atoms with Crippen molar-refractivity contribution in [2.75, 3.05) is 19.7 Å². The first-order chi connectivity index (χ1) is 13.7. The summed E-state index contributed by atoms with van der Waals surface area (Å²) in [6, 6.07) is 4.20. The number of rotatable bonds is 5. The number of hydrogen-bond donors (Lipinski definition) is 1. The Morgan fingerprint density at radius 2 is 1.86 bits per heavy atom. The number of amides is 2. The summed E-state index contributed by atoms with van der Waals surface area (Å²) in [7, 11) is 0. The minimum Gasteiger partial charge on any atom is -0.378 e. The highest BCUT2D eigenvalue weighted by molar-refractivity contribution is 5.94. The van der Waals surface area contributed by atoms with Crippen LogP contribution in [0, 0.1) is 0 Å². The van der Waals surface area contributed by atoms with Gasteiger partial charge in [0.05, 0.1) is 18.1 Å². The van der Waals surface area contributed by atoms with Crippen molar-refractivity contribution >= 4 is 11.8 Å². The van der Waals surface area contributed by atoms with Gasteiger partial charge in [0.25, 0.3) is 5.91 Å². The fraction of sp³-hybridized carbons (Fsp3) is 0.682. The number of nitrogens with one attached hydrogen (secondary N) is 1. The van der Waals surface area contributed by atoms with Crippen molar-refractivity contribution in [3.63, 3.8) is 0 Å². The topological polar surface area (TPSA) is 71.5 Å². The van der Waals surface area contributed by atoms with Gasteiger partial charge in [0.15, 0.2) is 0 Å². The third kappa shape index (κ3) is 4.72. The molecule has 0 radical (unpaired) electrons. The van der Waals surface area contributed by atoms with E-state index in [4.69, 9.17) is 4.74 Å². The van der Waals surface area contributed by atoms with Crippen LogP contribution in [0.2, 0.25) is 0 Å². The monoisotopic (exact) mass is 385 g/mol. The highest BCUT2D eigenvalue weighted by Gasteiger charge is 2.27. The Labute approximate surface area is 167 Å². The van der Waals surface area contributed by atoms with Gasteiger partial charge in [-0.1, -0.05) is 12.8 Å². The van der Waals surface area contributed by atoms with E-state index < -0.39 is 0 Å². The molecule has 0 aromatic carbocycles. The van der Waals surface area contributed by atoms with Crippen molar-refractivity contribution in [3.8, 4) is 0 Å². The number of likely N-dealkylation sites (tertiary alicyclic amines) is 1. The molecule has 2 aliphatic heterocycles. The van der Waals surface area contributed by atoms with Crippen molar-refractivity contribution in [2.45, 2.75) is 75.9 Å². The Hall–Kier alpha value is -1.95. The van der Waals surface area contributed by atoms with Gasteiger partial charge in [-0.3, -0.25) is 14.6 Å². The Balaban J connectivity index is 1.26. The molecular weight excluding hydrogens is 354 g/mol. The summed E-state index contributed by atoms with van der Waals surface area (Å²) in [5.74, 6) is 0.566. The van der Waals surface area contributed by atoms with Gasteiger partial charge in [-0.2, -0.15) is 0 Å². The van der Waals surface area contributed by atoms with E-state index in [-0.39, 0.29) is 17.9 Å². The van der Waals surface area contributed by atoms with Crippen LogP contribution in [0.4, 0.5) is 0 Å². The van der Waals surface area contributed by atoms with Gasteiger partial charge in [-0.15, -0.1) is 0 Å². The lowest BCUT2D eigenvalue weighted by Gasteiger charge is -2.32. The molecule has 152 valence electrons. The number of pyridine rings is 1. The van der Waals surface area contributed by atoms with Crippen LogP contribution in [-0.2, 0) is 9.53 Å². The first-order valence-corrected chi connectivity index (χ1v) is 10.9. The smallest absolute Gasteiger partial charge is 0.253 e. The van der Waals surface area contributed by atoms with E-state index in [0.717, 1.165) is 63.9 Å². The zero-order chi connectivity index (χ0) is 19.3. The average molecular weight is 386 g/mol. The third-order valence-electron chi connectivity index (χ3n) is 6.43. The SMILES string of the molecule is O=C(NC1CCCC1)c1ccc(C2CCN(C(=O)C[C@@H]3CCCO3)CC2)nc1. The van der Waals surface area contributed by atoms with Crippen molar-refractivity contribution < 1.29 is 14.3 Å². The molecule has 1 atom stereocenters. The molecule has 0 unspecified atom stereocenters. The lowest BCUT2D eigenvalue weighted by Crippen LogP contribution is -2.39. The van der Waals surface area contributed by atoms with Crippen LogP contribution < -0.4 is 5.32 Å². The van der Waals surface area contributed by atoms with Crippen molar-refractivity contribution in [1.82, 2.24) is 15.2 Å². The average Bonchev–Trinajstić information content (AvgIpc) is 3.42. The molecule has 2 saturated heterocycles. The Kier molecular flexibility index (Phi) is 6.25. The molecule has 2 amide bonds. The van der Waals surface area contributed by atoms with Gasteiger partial charge in [-0.05, 0) is 50.7 Å². The Morgan fingerprint density at radius 3 is 2.50 bits per heavy atom. The van der Waals surface area contributed by atoms with E-state index in [0.29, 0.717) is 23.9 Å². The predicted molar refractivity (Wildman–Crippen MR) is 106 cm³/mol. The minimum atomic E-state index is -0.0134. The first-order valence-electron chi connectivity index (χ1n) is 10.9. The van der Waals surface area contributed by atoms with Gasteiger partial charge >= 0.3 is 0 Å². The fourth-order valence-electron chi connectivity index (χ4n) is 4.67. The van der Waals surface area contributed by atoms with Gasteiger partial charge in [0, 0.05) is 43.5 Å². The van der Waals surface area contributed by atoms with E-state index in [1.165, 1.54) is 12.8 Å². The summed E-state index contributed by atoms with van der Waals surface area (Å²) in [5.41, 5.74) is 1.67. The number of piperidine rings is 1. The molecule has 1 aromatic rings. The van der Waals surface area contributed by atoms with Crippen molar-refractivity contribution in [1.29, 1.82) is 0 Å². The summed E-state index contributed by atoms with van der Waals surface area (Å²) in [6.45, 7) is 2.35. The number of carbonyl (C=O) groups is 2. The molecule has 0 bridgehead atoms. The summed E-state index contributed by atoms with van der Waals surface area (Å²) in [5, 5.41) is 3.11. The highest BCUT2D eigenvalue weighted by atomic mass is 16.5. The molecule has 1 saturated carbocycles. The number of nitrogens with zero attached hydrogens (tertiary/aromatic N) is 2. The maximum Gasteiger partial charge on any atom is 0.253 e. The second-order valence-corrected chi connectivity index (χ2v) is 8.42. The molecule has 6 nitrogen and oxygen atoms in total. The quantitative estimate of drug-likeness (QED) is 0.846. The van der Waals surface area contributed by atoms with Crippen LogP contribution in [0.1, 0.15) is 79.8 Å². The van der Waals surface area contributed by atoms with Crippen LogP contribution >= 0.6 is 0 Å². The number of ether oxygens (including phenoxy) is 1. The first kappa shape index (κ1) is 19.4. The van der Waals surface area contributed by atoms with Gasteiger partial charge in [-0.25, -0.2) is 0 Å².